The fraction of sp³-hybridized carbons (Fsp3) is 0. The number of hydrazine groups is 1. The van der Waals surface area contributed by atoms with Crippen molar-refractivity contribution in [1.82, 2.24) is 10.7 Å². The van der Waals surface area contributed by atoms with Crippen molar-refractivity contribution in [1.29, 1.82) is 0 Å². The topological polar surface area (TPSA) is 70.2 Å². The molecule has 0 aliphatic heterocycles. The third-order valence-corrected chi connectivity index (χ3v) is 5.72. The second kappa shape index (κ2) is 9.93. The van der Waals surface area contributed by atoms with E-state index in [1.165, 1.54) is 0 Å². The molecule has 5 rings (SSSR count). The maximum atomic E-state index is 13.3. The van der Waals surface area contributed by atoms with E-state index in [0.29, 0.717) is 5.56 Å². The summed E-state index contributed by atoms with van der Waals surface area (Å²) >= 11 is 0. The van der Waals surface area contributed by atoms with Crippen LogP contribution in [0.5, 0.6) is 0 Å². The highest BCUT2D eigenvalue weighted by Crippen LogP contribution is 2.30. The van der Waals surface area contributed by atoms with Gasteiger partial charge in [0.2, 0.25) is 0 Å². The van der Waals surface area contributed by atoms with Crippen LogP contribution in [0.25, 0.3) is 27.6 Å². The van der Waals surface area contributed by atoms with Gasteiger partial charge in [-0.25, -0.2) is 0 Å². The number of carbonyl (C=O) groups excluding carboxylic acids is 2. The van der Waals surface area contributed by atoms with Crippen molar-refractivity contribution in [2.24, 2.45) is 0 Å². The van der Waals surface area contributed by atoms with Gasteiger partial charge in [0, 0.05) is 5.56 Å². The first-order valence-electron chi connectivity index (χ1n) is 11.3. The molecule has 0 fully saturated rings. The number of fused-ring (bicyclic) bond motifs is 2. The molecular formula is C30H23N3O2. The Kier molecular flexibility index (Phi) is 6.22. The quantitative estimate of drug-likeness (QED) is 0.169. The van der Waals surface area contributed by atoms with Crippen LogP contribution in [0.15, 0.2) is 121 Å². The average Bonchev–Trinajstić information content (AvgIpc) is 2.92. The lowest BCUT2D eigenvalue weighted by Gasteiger charge is -2.14. The van der Waals surface area contributed by atoms with Gasteiger partial charge in [-0.3, -0.25) is 20.4 Å². The van der Waals surface area contributed by atoms with Crippen LogP contribution >= 0.6 is 0 Å². The van der Waals surface area contributed by atoms with Crippen LogP contribution in [0.1, 0.15) is 15.9 Å². The van der Waals surface area contributed by atoms with Gasteiger partial charge in [-0.05, 0) is 63.5 Å². The molecule has 35 heavy (non-hydrogen) atoms. The first-order valence-corrected chi connectivity index (χ1v) is 11.3. The lowest BCUT2D eigenvalue weighted by atomic mass is 9.96. The highest BCUT2D eigenvalue weighted by Gasteiger charge is 2.16. The molecule has 0 unspecified atom stereocenters. The highest BCUT2D eigenvalue weighted by molar-refractivity contribution is 6.11. The number of hydrogen-bond donors (Lipinski definition) is 3. The summed E-state index contributed by atoms with van der Waals surface area (Å²) in [5.41, 5.74) is 7.78. The molecule has 0 aliphatic rings. The van der Waals surface area contributed by atoms with Crippen LogP contribution < -0.4 is 16.2 Å². The minimum absolute atomic E-state index is 0.129. The van der Waals surface area contributed by atoms with Gasteiger partial charge in [0.05, 0.1) is 5.69 Å². The van der Waals surface area contributed by atoms with Crippen LogP contribution in [0.3, 0.4) is 0 Å². The van der Waals surface area contributed by atoms with Crippen molar-refractivity contribution in [2.45, 2.75) is 0 Å². The number of nitrogens with one attached hydrogen (secondary N) is 3. The summed E-state index contributed by atoms with van der Waals surface area (Å²) in [4.78, 5) is 26.3. The molecule has 0 heterocycles. The number of anilines is 1. The van der Waals surface area contributed by atoms with Crippen molar-refractivity contribution in [2.75, 3.05) is 5.43 Å². The third kappa shape index (κ3) is 4.89. The molecule has 5 aromatic rings. The summed E-state index contributed by atoms with van der Waals surface area (Å²) < 4.78 is 0. The van der Waals surface area contributed by atoms with Crippen LogP contribution in [-0.4, -0.2) is 11.8 Å². The van der Waals surface area contributed by atoms with E-state index < -0.39 is 5.91 Å². The minimum Gasteiger partial charge on any atom is -0.317 e. The summed E-state index contributed by atoms with van der Waals surface area (Å²) in [5, 5.41) is 6.89. The molecule has 2 amide bonds. The van der Waals surface area contributed by atoms with Gasteiger partial charge < -0.3 is 5.32 Å². The molecule has 5 heteroatoms. The van der Waals surface area contributed by atoms with Gasteiger partial charge in [-0.15, -0.1) is 0 Å². The second-order valence-corrected chi connectivity index (χ2v) is 8.06. The van der Waals surface area contributed by atoms with Crippen molar-refractivity contribution < 1.29 is 9.59 Å². The molecule has 0 atom stereocenters. The minimum atomic E-state index is -0.463. The van der Waals surface area contributed by atoms with E-state index in [1.54, 1.807) is 30.3 Å². The monoisotopic (exact) mass is 457 g/mol. The number of amides is 2. The SMILES string of the molecule is O=C(NNc1ccccc1)C(=Cc1c2ccccc2cc2ccccc12)NC(=O)c1ccccc1. The number of hydrogen-bond acceptors (Lipinski definition) is 3. The smallest absolute Gasteiger partial charge is 0.286 e. The number of benzene rings is 5. The lowest BCUT2D eigenvalue weighted by molar-refractivity contribution is -0.117. The van der Waals surface area contributed by atoms with Crippen molar-refractivity contribution in [3.63, 3.8) is 0 Å². The van der Waals surface area contributed by atoms with Gasteiger partial charge >= 0.3 is 0 Å². The molecule has 0 aromatic heterocycles. The summed E-state index contributed by atoms with van der Waals surface area (Å²) in [5.74, 6) is -0.827. The van der Waals surface area contributed by atoms with Crippen LogP contribution in [-0.2, 0) is 4.79 Å². The molecule has 0 aliphatic carbocycles. The zero-order chi connectivity index (χ0) is 24.0. The van der Waals surface area contributed by atoms with Gasteiger partial charge in [-0.2, -0.15) is 0 Å². The van der Waals surface area contributed by atoms with E-state index in [1.807, 2.05) is 84.9 Å². The Morgan fingerprint density at radius 3 is 1.80 bits per heavy atom. The molecule has 0 saturated heterocycles. The number of rotatable bonds is 6. The molecule has 170 valence electrons. The Labute approximate surface area is 203 Å². The number of carbonyl (C=O) groups is 2. The van der Waals surface area contributed by atoms with E-state index in [9.17, 15) is 9.59 Å². The molecule has 5 aromatic carbocycles. The standard InChI is InChI=1S/C30H23N3O2/c34-29(21-11-3-1-4-12-21)31-28(30(35)33-32-24-15-5-2-6-16-24)20-27-25-17-9-7-13-22(25)19-23-14-8-10-18-26(23)27/h1-20,32H,(H,31,34)(H,33,35). The highest BCUT2D eigenvalue weighted by atomic mass is 16.2. The van der Waals surface area contributed by atoms with E-state index in [2.05, 4.69) is 22.2 Å². The van der Waals surface area contributed by atoms with Crippen molar-refractivity contribution in [3.8, 4) is 0 Å². The maximum absolute atomic E-state index is 13.3. The zero-order valence-corrected chi connectivity index (χ0v) is 18.9. The predicted octanol–water partition coefficient (Wildman–Crippen LogP) is 5.91. The molecule has 0 bridgehead atoms. The van der Waals surface area contributed by atoms with Gasteiger partial charge in [0.15, 0.2) is 0 Å². The first-order chi connectivity index (χ1) is 17.2. The Morgan fingerprint density at radius 1 is 0.629 bits per heavy atom. The zero-order valence-electron chi connectivity index (χ0n) is 18.9. The summed E-state index contributed by atoms with van der Waals surface area (Å²) in [6.45, 7) is 0. The first kappa shape index (κ1) is 21.9. The fourth-order valence-electron chi connectivity index (χ4n) is 4.01. The van der Waals surface area contributed by atoms with E-state index in [-0.39, 0.29) is 11.6 Å². The maximum Gasteiger partial charge on any atom is 0.286 e. The summed E-state index contributed by atoms with van der Waals surface area (Å²) in [6.07, 6.45) is 1.74. The van der Waals surface area contributed by atoms with E-state index in [0.717, 1.165) is 32.8 Å². The molecule has 0 saturated carbocycles. The molecular weight excluding hydrogens is 434 g/mol. The Balaban J connectivity index is 1.59. The third-order valence-electron chi connectivity index (χ3n) is 5.72. The van der Waals surface area contributed by atoms with Gasteiger partial charge in [0.25, 0.3) is 11.8 Å². The fourth-order valence-corrected chi connectivity index (χ4v) is 4.01. The second-order valence-electron chi connectivity index (χ2n) is 8.06. The van der Waals surface area contributed by atoms with Gasteiger partial charge in [-0.1, -0.05) is 84.9 Å². The van der Waals surface area contributed by atoms with Crippen LogP contribution in [0.4, 0.5) is 5.69 Å². The lowest BCUT2D eigenvalue weighted by Crippen LogP contribution is -2.37. The Bertz CT molecular complexity index is 1490. The molecule has 0 spiro atoms. The van der Waals surface area contributed by atoms with E-state index >= 15 is 0 Å². The molecule has 3 N–H and O–H groups in total. The summed E-state index contributed by atoms with van der Waals surface area (Å²) in [6, 6.07) is 36.3. The molecule has 0 radical (unpaired) electrons. The molecule has 5 nitrogen and oxygen atoms in total. The predicted molar refractivity (Wildman–Crippen MR) is 142 cm³/mol. The van der Waals surface area contributed by atoms with Crippen LogP contribution in [0, 0.1) is 0 Å². The van der Waals surface area contributed by atoms with E-state index in [4.69, 9.17) is 0 Å². The summed E-state index contributed by atoms with van der Waals surface area (Å²) in [7, 11) is 0. The van der Waals surface area contributed by atoms with Gasteiger partial charge in [0.1, 0.15) is 5.70 Å². The van der Waals surface area contributed by atoms with Crippen molar-refractivity contribution in [3.05, 3.63) is 132 Å². The average molecular weight is 458 g/mol. The van der Waals surface area contributed by atoms with Crippen molar-refractivity contribution >= 4 is 45.1 Å². The largest absolute Gasteiger partial charge is 0.317 e. The normalized spacial score (nSPS) is 11.3. The van der Waals surface area contributed by atoms with Crippen LogP contribution in [0.2, 0.25) is 0 Å². The Hall–Kier alpha value is -4.90. The Morgan fingerprint density at radius 2 is 1.17 bits per heavy atom. The number of para-hydroxylation sites is 1.